The maximum absolute atomic E-state index is 12.8. The number of ketones is 1. The maximum atomic E-state index is 12.8. The molecule has 0 saturated heterocycles. The highest BCUT2D eigenvalue weighted by Gasteiger charge is 2.33. The number of aromatic nitrogens is 1. The van der Waals surface area contributed by atoms with Crippen LogP contribution in [0.5, 0.6) is 0 Å². The molecule has 1 saturated carbocycles. The fraction of sp³-hybridized carbons (Fsp3) is 0.375. The largest absolute Gasteiger partial charge is 0.360 e. The second-order valence-corrected chi connectivity index (χ2v) is 7.34. The number of halogens is 1. The van der Waals surface area contributed by atoms with Crippen LogP contribution < -0.4 is 0 Å². The van der Waals surface area contributed by atoms with Gasteiger partial charge in [-0.05, 0) is 43.0 Å². The number of thioether (sulfide) groups is 2. The molecule has 22 heavy (non-hydrogen) atoms. The van der Waals surface area contributed by atoms with Crippen molar-refractivity contribution in [2.45, 2.75) is 29.4 Å². The van der Waals surface area contributed by atoms with E-state index in [9.17, 15) is 4.79 Å². The summed E-state index contributed by atoms with van der Waals surface area (Å²) in [4.78, 5) is 14.0. The minimum absolute atomic E-state index is 0.0943. The molecule has 1 aliphatic rings. The molecule has 1 fully saturated rings. The highest BCUT2D eigenvalue weighted by Crippen LogP contribution is 2.42. The molecule has 1 heterocycles. The predicted octanol–water partition coefficient (Wildman–Crippen LogP) is 5.02. The van der Waals surface area contributed by atoms with Crippen molar-refractivity contribution in [2.75, 3.05) is 12.5 Å². The summed E-state index contributed by atoms with van der Waals surface area (Å²) in [6.45, 7) is 0. The van der Waals surface area contributed by atoms with Gasteiger partial charge in [0.05, 0.1) is 16.8 Å². The quantitative estimate of drug-likeness (QED) is 0.538. The van der Waals surface area contributed by atoms with E-state index in [-0.39, 0.29) is 5.78 Å². The zero-order valence-electron chi connectivity index (χ0n) is 12.4. The van der Waals surface area contributed by atoms with Crippen LogP contribution in [0.15, 0.2) is 27.7 Å². The first kappa shape index (κ1) is 16.0. The van der Waals surface area contributed by atoms with Gasteiger partial charge < -0.3 is 4.52 Å². The Morgan fingerprint density at radius 2 is 2.14 bits per heavy atom. The van der Waals surface area contributed by atoms with Crippen molar-refractivity contribution >= 4 is 40.9 Å². The second kappa shape index (κ2) is 6.69. The van der Waals surface area contributed by atoms with E-state index in [1.165, 1.54) is 6.20 Å². The Balaban J connectivity index is 2.02. The molecule has 0 amide bonds. The van der Waals surface area contributed by atoms with Crippen molar-refractivity contribution in [3.63, 3.8) is 0 Å². The molecule has 0 bridgehead atoms. The van der Waals surface area contributed by atoms with Crippen LogP contribution in [0.3, 0.4) is 0 Å². The lowest BCUT2D eigenvalue weighted by molar-refractivity contribution is 0.103. The minimum Gasteiger partial charge on any atom is -0.360 e. The molecule has 1 aromatic heterocycles. The third-order valence-electron chi connectivity index (χ3n) is 3.74. The van der Waals surface area contributed by atoms with Gasteiger partial charge in [-0.2, -0.15) is 11.8 Å². The van der Waals surface area contributed by atoms with Crippen LogP contribution in [0.1, 0.15) is 46.0 Å². The Labute approximate surface area is 143 Å². The Kier molecular flexibility index (Phi) is 4.85. The van der Waals surface area contributed by atoms with Crippen molar-refractivity contribution in [2.24, 2.45) is 0 Å². The first-order valence-corrected chi connectivity index (χ1v) is 10.0. The van der Waals surface area contributed by atoms with Gasteiger partial charge >= 0.3 is 0 Å². The van der Waals surface area contributed by atoms with Crippen LogP contribution in [0.25, 0.3) is 0 Å². The molecule has 0 N–H and O–H groups in total. The summed E-state index contributed by atoms with van der Waals surface area (Å²) in [5.41, 5.74) is 2.11. The van der Waals surface area contributed by atoms with Crippen LogP contribution in [0.2, 0.25) is 5.02 Å². The molecule has 3 rings (SSSR count). The Hall–Kier alpha value is -0.910. The van der Waals surface area contributed by atoms with Gasteiger partial charge in [-0.3, -0.25) is 4.79 Å². The SMILES string of the molecule is CSCc1c(SC)ccc(C(=O)c2cnoc2C2CC2)c1Cl. The molecule has 3 nitrogen and oxygen atoms in total. The summed E-state index contributed by atoms with van der Waals surface area (Å²) in [7, 11) is 0. The van der Waals surface area contributed by atoms with Gasteiger partial charge in [0.25, 0.3) is 0 Å². The van der Waals surface area contributed by atoms with E-state index in [0.717, 1.165) is 29.1 Å². The molecular formula is C16H16ClNO2S2. The van der Waals surface area contributed by atoms with E-state index in [0.29, 0.717) is 27.8 Å². The zero-order chi connectivity index (χ0) is 15.7. The number of carbonyl (C=O) groups excluding carboxylic acids is 1. The molecule has 0 atom stereocenters. The van der Waals surface area contributed by atoms with Gasteiger partial charge in [0.15, 0.2) is 11.5 Å². The summed E-state index contributed by atoms with van der Waals surface area (Å²) in [6.07, 6.45) is 7.68. The molecule has 0 aliphatic heterocycles. The third-order valence-corrected chi connectivity index (χ3v) is 5.58. The Morgan fingerprint density at radius 1 is 1.36 bits per heavy atom. The van der Waals surface area contributed by atoms with Crippen molar-refractivity contribution in [3.8, 4) is 0 Å². The van der Waals surface area contributed by atoms with Crippen LogP contribution in [0, 0.1) is 0 Å². The number of carbonyl (C=O) groups is 1. The number of hydrogen-bond acceptors (Lipinski definition) is 5. The van der Waals surface area contributed by atoms with Crippen LogP contribution >= 0.6 is 35.1 Å². The monoisotopic (exact) mass is 353 g/mol. The van der Waals surface area contributed by atoms with Crippen molar-refractivity contribution in [1.29, 1.82) is 0 Å². The van der Waals surface area contributed by atoms with E-state index in [1.807, 2.05) is 24.6 Å². The average molecular weight is 354 g/mol. The van der Waals surface area contributed by atoms with Gasteiger partial charge in [-0.15, -0.1) is 11.8 Å². The predicted molar refractivity (Wildman–Crippen MR) is 92.4 cm³/mol. The summed E-state index contributed by atoms with van der Waals surface area (Å²) in [5, 5.41) is 4.36. The number of rotatable bonds is 6. The molecule has 1 aliphatic carbocycles. The smallest absolute Gasteiger partial charge is 0.199 e. The maximum Gasteiger partial charge on any atom is 0.199 e. The summed E-state index contributed by atoms with van der Waals surface area (Å²) >= 11 is 9.87. The highest BCUT2D eigenvalue weighted by atomic mass is 35.5. The molecular weight excluding hydrogens is 338 g/mol. The number of nitrogens with zero attached hydrogens (tertiary/aromatic N) is 1. The number of hydrogen-bond donors (Lipinski definition) is 0. The first-order valence-electron chi connectivity index (χ1n) is 7.01. The van der Waals surface area contributed by atoms with E-state index in [2.05, 4.69) is 5.16 Å². The topological polar surface area (TPSA) is 43.1 Å². The van der Waals surface area contributed by atoms with Crippen molar-refractivity contribution in [1.82, 2.24) is 5.16 Å². The second-order valence-electron chi connectivity index (χ2n) is 5.25. The molecule has 116 valence electrons. The normalized spacial score (nSPS) is 14.3. The molecule has 0 radical (unpaired) electrons. The fourth-order valence-corrected chi connectivity index (χ4v) is 4.21. The summed E-state index contributed by atoms with van der Waals surface area (Å²) in [5.74, 6) is 1.75. The first-order chi connectivity index (χ1) is 10.7. The van der Waals surface area contributed by atoms with E-state index >= 15 is 0 Å². The van der Waals surface area contributed by atoms with Gasteiger partial charge in [-0.25, -0.2) is 0 Å². The summed E-state index contributed by atoms with van der Waals surface area (Å²) < 4.78 is 5.27. The van der Waals surface area contributed by atoms with Crippen LogP contribution in [-0.2, 0) is 5.75 Å². The molecule has 2 aromatic rings. The van der Waals surface area contributed by atoms with E-state index in [1.54, 1.807) is 23.5 Å². The average Bonchev–Trinajstić information content (AvgIpc) is 3.25. The van der Waals surface area contributed by atoms with Crippen LogP contribution in [0.4, 0.5) is 0 Å². The lowest BCUT2D eigenvalue weighted by Crippen LogP contribution is -2.05. The zero-order valence-corrected chi connectivity index (χ0v) is 14.8. The molecule has 0 spiro atoms. The van der Waals surface area contributed by atoms with Crippen LogP contribution in [-0.4, -0.2) is 23.5 Å². The molecule has 6 heteroatoms. The van der Waals surface area contributed by atoms with Gasteiger partial charge in [0.1, 0.15) is 0 Å². The lowest BCUT2D eigenvalue weighted by Gasteiger charge is -2.12. The van der Waals surface area contributed by atoms with Gasteiger partial charge in [0, 0.05) is 22.1 Å². The van der Waals surface area contributed by atoms with Gasteiger partial charge in [-0.1, -0.05) is 16.8 Å². The van der Waals surface area contributed by atoms with E-state index < -0.39 is 0 Å². The number of benzene rings is 1. The van der Waals surface area contributed by atoms with Crippen molar-refractivity contribution in [3.05, 3.63) is 45.8 Å². The minimum atomic E-state index is -0.0943. The fourth-order valence-electron chi connectivity index (χ4n) is 2.45. The summed E-state index contributed by atoms with van der Waals surface area (Å²) in [6, 6.07) is 3.78. The lowest BCUT2D eigenvalue weighted by atomic mass is 10.0. The Morgan fingerprint density at radius 3 is 2.77 bits per heavy atom. The third kappa shape index (κ3) is 2.94. The Bertz CT molecular complexity index is 710. The molecule has 1 aromatic carbocycles. The standard InChI is InChI=1S/C16H16ClNO2S2/c1-21-8-12-13(22-2)6-5-10(14(12)17)15(19)11-7-18-20-16(11)9-3-4-9/h5-7,9H,3-4,8H2,1-2H3. The highest BCUT2D eigenvalue weighted by molar-refractivity contribution is 7.99. The van der Waals surface area contributed by atoms with Crippen molar-refractivity contribution < 1.29 is 9.32 Å². The van der Waals surface area contributed by atoms with Gasteiger partial charge in [0.2, 0.25) is 0 Å². The molecule has 0 unspecified atom stereocenters. The van der Waals surface area contributed by atoms with E-state index in [4.69, 9.17) is 16.1 Å².